The summed E-state index contributed by atoms with van der Waals surface area (Å²) >= 11 is 0. The Kier molecular flexibility index (Phi) is 7.09. The highest BCUT2D eigenvalue weighted by atomic mass is 16.3. The van der Waals surface area contributed by atoms with Crippen molar-refractivity contribution in [3.63, 3.8) is 0 Å². The molecule has 0 aliphatic heterocycles. The van der Waals surface area contributed by atoms with Gasteiger partial charge in [-0.1, -0.05) is 13.8 Å². The maximum absolute atomic E-state index is 9.64. The predicted octanol–water partition coefficient (Wildman–Crippen LogP) is -0.179. The van der Waals surface area contributed by atoms with Gasteiger partial charge in [0, 0.05) is 12.6 Å². The van der Waals surface area contributed by atoms with E-state index in [-0.39, 0.29) is 18.5 Å². The van der Waals surface area contributed by atoms with Gasteiger partial charge < -0.3 is 21.7 Å². The molecule has 86 valence electrons. The van der Waals surface area contributed by atoms with E-state index in [1.165, 1.54) is 0 Å². The zero-order chi connectivity index (χ0) is 11.1. The van der Waals surface area contributed by atoms with E-state index in [1.807, 2.05) is 13.8 Å². The molecule has 0 aromatic carbocycles. The van der Waals surface area contributed by atoms with Crippen LogP contribution in [0.3, 0.4) is 0 Å². The molecule has 0 saturated heterocycles. The molecule has 0 amide bonds. The fourth-order valence-corrected chi connectivity index (χ4v) is 1.32. The van der Waals surface area contributed by atoms with E-state index in [0.29, 0.717) is 12.8 Å². The fourth-order valence-electron chi connectivity index (χ4n) is 1.32. The maximum atomic E-state index is 9.64. The normalized spacial score (nSPS) is 18.2. The molecule has 14 heavy (non-hydrogen) atoms. The van der Waals surface area contributed by atoms with Crippen molar-refractivity contribution < 1.29 is 10.2 Å². The van der Waals surface area contributed by atoms with Gasteiger partial charge in [0.2, 0.25) is 0 Å². The Morgan fingerprint density at radius 2 is 1.71 bits per heavy atom. The lowest BCUT2D eigenvalue weighted by molar-refractivity contribution is 0.104. The lowest BCUT2D eigenvalue weighted by Crippen LogP contribution is -2.39. The van der Waals surface area contributed by atoms with Crippen molar-refractivity contribution in [2.24, 2.45) is 17.4 Å². The topological polar surface area (TPSA) is 92.5 Å². The summed E-state index contributed by atoms with van der Waals surface area (Å²) in [6, 6.07) is -0.176. The minimum absolute atomic E-state index is 0.176. The number of hydrogen-bond acceptors (Lipinski definition) is 4. The molecular weight excluding hydrogens is 180 g/mol. The van der Waals surface area contributed by atoms with Crippen LogP contribution >= 0.6 is 0 Å². The van der Waals surface area contributed by atoms with Crippen LogP contribution in [0.25, 0.3) is 0 Å². The Labute approximate surface area is 86.3 Å². The van der Waals surface area contributed by atoms with Crippen LogP contribution in [0.15, 0.2) is 0 Å². The van der Waals surface area contributed by atoms with Crippen LogP contribution in [0.5, 0.6) is 0 Å². The molecule has 0 radical (unpaired) electrons. The van der Waals surface area contributed by atoms with Gasteiger partial charge in [0.05, 0.1) is 12.2 Å². The second-order valence-electron chi connectivity index (χ2n) is 4.21. The van der Waals surface area contributed by atoms with E-state index < -0.39 is 12.2 Å². The largest absolute Gasteiger partial charge is 0.392 e. The fraction of sp³-hybridized carbons (Fsp3) is 1.00. The van der Waals surface area contributed by atoms with E-state index in [4.69, 9.17) is 11.5 Å². The summed E-state index contributed by atoms with van der Waals surface area (Å²) in [6.07, 6.45) is 1.12. The van der Waals surface area contributed by atoms with Crippen LogP contribution in [0.1, 0.15) is 33.1 Å². The van der Waals surface area contributed by atoms with E-state index in [1.54, 1.807) is 0 Å². The molecule has 0 spiro atoms. The molecule has 6 N–H and O–H groups in total. The van der Waals surface area contributed by atoms with Crippen molar-refractivity contribution in [2.45, 2.75) is 51.4 Å². The van der Waals surface area contributed by atoms with Gasteiger partial charge in [0.25, 0.3) is 0 Å². The van der Waals surface area contributed by atoms with Crippen molar-refractivity contribution >= 4 is 0 Å². The molecule has 3 unspecified atom stereocenters. The van der Waals surface area contributed by atoms with Gasteiger partial charge in [-0.3, -0.25) is 0 Å². The smallest absolute Gasteiger partial charge is 0.0693 e. The summed E-state index contributed by atoms with van der Waals surface area (Å²) in [6.45, 7) is 4.26. The summed E-state index contributed by atoms with van der Waals surface area (Å²) in [5.41, 5.74) is 11.0. The third-order valence-electron chi connectivity index (χ3n) is 2.52. The van der Waals surface area contributed by atoms with Gasteiger partial charge >= 0.3 is 0 Å². The Morgan fingerprint density at radius 3 is 2.14 bits per heavy atom. The van der Waals surface area contributed by atoms with Gasteiger partial charge in [-0.15, -0.1) is 0 Å². The van der Waals surface area contributed by atoms with Crippen molar-refractivity contribution in [1.29, 1.82) is 0 Å². The number of nitrogens with two attached hydrogens (primary N) is 2. The highest BCUT2D eigenvalue weighted by Crippen LogP contribution is 2.11. The molecule has 0 aromatic rings. The van der Waals surface area contributed by atoms with Crippen molar-refractivity contribution in [3.8, 4) is 0 Å². The van der Waals surface area contributed by atoms with Gasteiger partial charge in [-0.2, -0.15) is 0 Å². The Hall–Kier alpha value is -0.160. The Balaban J connectivity index is 3.58. The molecule has 0 saturated carbocycles. The molecule has 4 heteroatoms. The minimum Gasteiger partial charge on any atom is -0.392 e. The summed E-state index contributed by atoms with van der Waals surface area (Å²) in [5, 5.41) is 18.8. The summed E-state index contributed by atoms with van der Waals surface area (Å²) < 4.78 is 0. The molecule has 0 aromatic heterocycles. The molecule has 0 fully saturated rings. The number of hydrogen-bond donors (Lipinski definition) is 4. The molecule has 0 aliphatic carbocycles. The SMILES string of the molecule is CC(C)C(N)C(O)CCCC(O)CN. The van der Waals surface area contributed by atoms with E-state index in [2.05, 4.69) is 0 Å². The van der Waals surface area contributed by atoms with Crippen molar-refractivity contribution in [2.75, 3.05) is 6.54 Å². The first-order valence-electron chi connectivity index (χ1n) is 5.30. The minimum atomic E-state index is -0.472. The molecular formula is C10H24N2O2. The number of aliphatic hydroxyl groups is 2. The van der Waals surface area contributed by atoms with Crippen LogP contribution in [0, 0.1) is 5.92 Å². The Bertz CT molecular complexity index is 142. The quantitative estimate of drug-likeness (QED) is 0.463. The second kappa shape index (κ2) is 7.17. The van der Waals surface area contributed by atoms with E-state index in [9.17, 15) is 10.2 Å². The van der Waals surface area contributed by atoms with E-state index >= 15 is 0 Å². The van der Waals surface area contributed by atoms with Crippen LogP contribution in [-0.2, 0) is 0 Å². The highest BCUT2D eigenvalue weighted by Gasteiger charge is 2.17. The molecule has 4 nitrogen and oxygen atoms in total. The number of rotatable bonds is 7. The van der Waals surface area contributed by atoms with Crippen LogP contribution < -0.4 is 11.5 Å². The monoisotopic (exact) mass is 204 g/mol. The standard InChI is InChI=1S/C10H24N2O2/c1-7(2)10(12)9(14)5-3-4-8(13)6-11/h7-10,13-14H,3-6,11-12H2,1-2H3. The van der Waals surface area contributed by atoms with Crippen LogP contribution in [-0.4, -0.2) is 35.0 Å². The van der Waals surface area contributed by atoms with Crippen LogP contribution in [0.2, 0.25) is 0 Å². The molecule has 0 bridgehead atoms. The maximum Gasteiger partial charge on any atom is 0.0693 e. The Morgan fingerprint density at radius 1 is 1.14 bits per heavy atom. The lowest BCUT2D eigenvalue weighted by atomic mass is 9.95. The van der Waals surface area contributed by atoms with E-state index in [0.717, 1.165) is 6.42 Å². The van der Waals surface area contributed by atoms with Crippen LogP contribution in [0.4, 0.5) is 0 Å². The highest BCUT2D eigenvalue weighted by molar-refractivity contribution is 4.75. The van der Waals surface area contributed by atoms with Gasteiger partial charge in [0.15, 0.2) is 0 Å². The van der Waals surface area contributed by atoms with Crippen molar-refractivity contribution in [1.82, 2.24) is 0 Å². The first-order valence-corrected chi connectivity index (χ1v) is 5.30. The summed E-state index contributed by atoms with van der Waals surface area (Å²) in [4.78, 5) is 0. The van der Waals surface area contributed by atoms with Gasteiger partial charge in [-0.25, -0.2) is 0 Å². The predicted molar refractivity (Wildman–Crippen MR) is 57.7 cm³/mol. The second-order valence-corrected chi connectivity index (χ2v) is 4.21. The third-order valence-corrected chi connectivity index (χ3v) is 2.52. The van der Waals surface area contributed by atoms with Crippen molar-refractivity contribution in [3.05, 3.63) is 0 Å². The molecule has 0 rings (SSSR count). The zero-order valence-electron chi connectivity index (χ0n) is 9.19. The molecule has 0 aliphatic rings. The van der Waals surface area contributed by atoms with Gasteiger partial charge in [-0.05, 0) is 25.2 Å². The molecule has 3 atom stereocenters. The first-order chi connectivity index (χ1) is 6.49. The average Bonchev–Trinajstić information content (AvgIpc) is 2.15. The number of aliphatic hydroxyl groups excluding tert-OH is 2. The average molecular weight is 204 g/mol. The molecule has 0 heterocycles. The lowest BCUT2D eigenvalue weighted by Gasteiger charge is -2.22. The van der Waals surface area contributed by atoms with Gasteiger partial charge in [0.1, 0.15) is 0 Å². The zero-order valence-corrected chi connectivity index (χ0v) is 9.19. The first kappa shape index (κ1) is 13.8. The summed E-state index contributed by atoms with van der Waals surface area (Å²) in [5.74, 6) is 0.282. The third kappa shape index (κ3) is 5.54. The summed E-state index contributed by atoms with van der Waals surface area (Å²) in [7, 11) is 0.